The highest BCUT2D eigenvalue weighted by Crippen LogP contribution is 2.22. The molecule has 3 rings (SSSR count). The van der Waals surface area contributed by atoms with Crippen molar-refractivity contribution in [3.63, 3.8) is 0 Å². The summed E-state index contributed by atoms with van der Waals surface area (Å²) in [7, 11) is 0. The van der Waals surface area contributed by atoms with Crippen molar-refractivity contribution in [3.05, 3.63) is 101 Å². The molecule has 0 bridgehead atoms. The quantitative estimate of drug-likeness (QED) is 0.354. The van der Waals surface area contributed by atoms with E-state index in [9.17, 15) is 4.79 Å². The van der Waals surface area contributed by atoms with Crippen LogP contribution in [-0.2, 0) is 5.75 Å². The molecule has 0 aromatic heterocycles. The maximum Gasteiger partial charge on any atom is 0.271 e. The number of rotatable bonds is 6. The minimum atomic E-state index is -0.205. The van der Waals surface area contributed by atoms with Crippen LogP contribution in [0, 0.1) is 6.92 Å². The van der Waals surface area contributed by atoms with Gasteiger partial charge in [-0.15, -0.1) is 11.8 Å². The van der Waals surface area contributed by atoms with E-state index in [4.69, 9.17) is 0 Å². The van der Waals surface area contributed by atoms with E-state index in [1.165, 1.54) is 16.0 Å². The van der Waals surface area contributed by atoms with Crippen molar-refractivity contribution < 1.29 is 4.79 Å². The topological polar surface area (TPSA) is 41.5 Å². The van der Waals surface area contributed by atoms with Gasteiger partial charge in [0.05, 0.1) is 5.71 Å². The lowest BCUT2D eigenvalue weighted by atomic mass is 10.1. The lowest BCUT2D eigenvalue weighted by molar-refractivity contribution is 0.0955. The molecule has 0 aliphatic heterocycles. The van der Waals surface area contributed by atoms with E-state index in [1.54, 1.807) is 11.8 Å². The van der Waals surface area contributed by atoms with Crippen LogP contribution in [0.15, 0.2) is 88.9 Å². The monoisotopic (exact) mass is 374 g/mol. The normalized spacial score (nSPS) is 11.3. The molecule has 136 valence electrons. The number of nitrogens with one attached hydrogen (secondary N) is 1. The van der Waals surface area contributed by atoms with Crippen LogP contribution in [0.3, 0.4) is 0 Å². The fraction of sp³-hybridized carbons (Fsp3) is 0.130. The number of aryl methyl sites for hydroxylation is 1. The first kappa shape index (κ1) is 18.9. The van der Waals surface area contributed by atoms with E-state index in [0.29, 0.717) is 5.56 Å². The highest BCUT2D eigenvalue weighted by atomic mass is 32.2. The van der Waals surface area contributed by atoms with E-state index in [0.717, 1.165) is 17.0 Å². The molecule has 0 spiro atoms. The van der Waals surface area contributed by atoms with Crippen molar-refractivity contribution in [2.75, 3.05) is 0 Å². The maximum atomic E-state index is 12.3. The zero-order valence-electron chi connectivity index (χ0n) is 15.5. The Kier molecular flexibility index (Phi) is 6.44. The smallest absolute Gasteiger partial charge is 0.267 e. The van der Waals surface area contributed by atoms with E-state index < -0.39 is 0 Å². The van der Waals surface area contributed by atoms with Crippen molar-refractivity contribution in [3.8, 4) is 0 Å². The van der Waals surface area contributed by atoms with Crippen LogP contribution in [0.4, 0.5) is 0 Å². The van der Waals surface area contributed by atoms with E-state index in [1.807, 2.05) is 80.6 Å². The summed E-state index contributed by atoms with van der Waals surface area (Å²) in [5.41, 5.74) is 7.38. The Morgan fingerprint density at radius 3 is 2.19 bits per heavy atom. The molecule has 4 heteroatoms. The molecule has 1 amide bonds. The molecule has 3 aromatic carbocycles. The maximum absolute atomic E-state index is 12.3. The number of amides is 1. The Bertz CT molecular complexity index is 917. The lowest BCUT2D eigenvalue weighted by Crippen LogP contribution is -2.19. The third-order valence-electron chi connectivity index (χ3n) is 4.16. The first-order chi connectivity index (χ1) is 13.1. The molecule has 0 radical (unpaired) electrons. The molecular weight excluding hydrogens is 352 g/mol. The number of benzene rings is 3. The van der Waals surface area contributed by atoms with Crippen LogP contribution in [0.2, 0.25) is 0 Å². The third kappa shape index (κ3) is 5.56. The predicted molar refractivity (Wildman–Crippen MR) is 113 cm³/mol. The van der Waals surface area contributed by atoms with Crippen LogP contribution in [0.1, 0.15) is 34.0 Å². The van der Waals surface area contributed by atoms with Gasteiger partial charge in [-0.3, -0.25) is 4.79 Å². The van der Waals surface area contributed by atoms with Crippen molar-refractivity contribution in [2.45, 2.75) is 24.5 Å². The summed E-state index contributed by atoms with van der Waals surface area (Å²) in [5, 5.41) is 4.21. The van der Waals surface area contributed by atoms with Crippen molar-refractivity contribution >= 4 is 23.4 Å². The van der Waals surface area contributed by atoms with Crippen LogP contribution in [0.5, 0.6) is 0 Å². The highest BCUT2D eigenvalue weighted by Gasteiger charge is 2.05. The zero-order chi connectivity index (χ0) is 19.1. The van der Waals surface area contributed by atoms with Gasteiger partial charge >= 0.3 is 0 Å². The molecule has 3 aromatic rings. The van der Waals surface area contributed by atoms with Crippen molar-refractivity contribution in [2.24, 2.45) is 5.10 Å². The number of hydrazone groups is 1. The number of hydrogen-bond acceptors (Lipinski definition) is 3. The molecule has 0 aliphatic carbocycles. The second-order valence-corrected chi connectivity index (χ2v) is 7.35. The number of carbonyl (C=O) groups is 1. The highest BCUT2D eigenvalue weighted by molar-refractivity contribution is 7.98. The van der Waals surface area contributed by atoms with Gasteiger partial charge in [-0.1, -0.05) is 60.2 Å². The van der Waals surface area contributed by atoms with Gasteiger partial charge < -0.3 is 0 Å². The number of hydrogen-bond donors (Lipinski definition) is 1. The largest absolute Gasteiger partial charge is 0.271 e. The summed E-state index contributed by atoms with van der Waals surface area (Å²) in [5.74, 6) is 0.667. The Hall–Kier alpha value is -2.85. The molecule has 3 nitrogen and oxygen atoms in total. The molecule has 0 aliphatic rings. The molecule has 0 heterocycles. The standard InChI is InChI=1S/C23H22N2OS/c1-17-8-12-20(13-9-17)18(2)24-25-23(26)21-14-10-19(11-15-21)16-27-22-6-4-3-5-7-22/h3-15H,16H2,1-2H3,(H,25,26)/b24-18-. The number of thioether (sulfide) groups is 1. The van der Waals surface area contributed by atoms with Gasteiger partial charge in [0.2, 0.25) is 0 Å². The molecule has 0 atom stereocenters. The lowest BCUT2D eigenvalue weighted by Gasteiger charge is -2.05. The van der Waals surface area contributed by atoms with Crippen molar-refractivity contribution in [1.82, 2.24) is 5.43 Å². The van der Waals surface area contributed by atoms with Gasteiger partial charge in [0.25, 0.3) is 5.91 Å². The summed E-state index contributed by atoms with van der Waals surface area (Å²) >= 11 is 1.78. The zero-order valence-corrected chi connectivity index (χ0v) is 16.3. The van der Waals surface area contributed by atoms with E-state index >= 15 is 0 Å². The van der Waals surface area contributed by atoms with Gasteiger partial charge in [0, 0.05) is 16.2 Å². The van der Waals surface area contributed by atoms with Crippen LogP contribution in [-0.4, -0.2) is 11.6 Å². The molecule has 0 fully saturated rings. The van der Waals surface area contributed by atoms with Crippen LogP contribution in [0.25, 0.3) is 0 Å². The van der Waals surface area contributed by atoms with Crippen LogP contribution < -0.4 is 5.43 Å². The number of carbonyl (C=O) groups excluding carboxylic acids is 1. The first-order valence-electron chi connectivity index (χ1n) is 8.80. The number of nitrogens with zero attached hydrogens (tertiary/aromatic N) is 1. The second kappa shape index (κ2) is 9.19. The molecule has 1 N–H and O–H groups in total. The van der Waals surface area contributed by atoms with Gasteiger partial charge in [-0.05, 0) is 49.2 Å². The Morgan fingerprint density at radius 1 is 0.889 bits per heavy atom. The Morgan fingerprint density at radius 2 is 1.52 bits per heavy atom. The third-order valence-corrected chi connectivity index (χ3v) is 5.24. The fourth-order valence-corrected chi connectivity index (χ4v) is 3.37. The predicted octanol–water partition coefficient (Wildman–Crippen LogP) is 5.44. The summed E-state index contributed by atoms with van der Waals surface area (Å²) in [4.78, 5) is 13.5. The minimum absolute atomic E-state index is 0.205. The molecule has 0 saturated carbocycles. The minimum Gasteiger partial charge on any atom is -0.267 e. The molecule has 0 unspecified atom stereocenters. The van der Waals surface area contributed by atoms with Crippen LogP contribution >= 0.6 is 11.8 Å². The van der Waals surface area contributed by atoms with E-state index in [-0.39, 0.29) is 5.91 Å². The SMILES string of the molecule is C/C(=N/NC(=O)c1ccc(CSc2ccccc2)cc1)c1ccc(C)cc1. The van der Waals surface area contributed by atoms with Gasteiger partial charge in [-0.25, -0.2) is 5.43 Å². The average molecular weight is 375 g/mol. The first-order valence-corrected chi connectivity index (χ1v) is 9.79. The Balaban J connectivity index is 1.57. The van der Waals surface area contributed by atoms with Crippen molar-refractivity contribution in [1.29, 1.82) is 0 Å². The van der Waals surface area contributed by atoms with Gasteiger partial charge in [0.1, 0.15) is 0 Å². The molecule has 0 saturated heterocycles. The van der Waals surface area contributed by atoms with Gasteiger partial charge in [-0.2, -0.15) is 5.10 Å². The summed E-state index contributed by atoms with van der Waals surface area (Å²) in [6.45, 7) is 3.93. The average Bonchev–Trinajstić information content (AvgIpc) is 2.72. The molecule has 27 heavy (non-hydrogen) atoms. The molecular formula is C23H22N2OS. The fourth-order valence-electron chi connectivity index (χ4n) is 2.49. The summed E-state index contributed by atoms with van der Waals surface area (Å²) < 4.78 is 0. The van der Waals surface area contributed by atoms with Gasteiger partial charge in [0.15, 0.2) is 0 Å². The van der Waals surface area contributed by atoms with E-state index in [2.05, 4.69) is 22.7 Å². The Labute approximate surface area is 164 Å². The summed E-state index contributed by atoms with van der Waals surface area (Å²) in [6.07, 6.45) is 0. The second-order valence-electron chi connectivity index (χ2n) is 6.30. The summed E-state index contributed by atoms with van der Waals surface area (Å²) in [6, 6.07) is 26.0.